The Labute approximate surface area is 143 Å². The van der Waals surface area contributed by atoms with Gasteiger partial charge < -0.3 is 5.11 Å². The number of aromatic carboxylic acids is 1. The van der Waals surface area contributed by atoms with Gasteiger partial charge in [-0.15, -0.1) is 0 Å². The van der Waals surface area contributed by atoms with Gasteiger partial charge in [0.1, 0.15) is 0 Å². The van der Waals surface area contributed by atoms with Gasteiger partial charge in [-0.2, -0.15) is 0 Å². The molecule has 1 aromatic heterocycles. The summed E-state index contributed by atoms with van der Waals surface area (Å²) in [4.78, 5) is 16.1. The third kappa shape index (κ3) is 2.94. The Bertz CT molecular complexity index is 847. The molecular weight excluding hydrogens is 445 g/mol. The van der Waals surface area contributed by atoms with Gasteiger partial charge in [-0.25, -0.2) is 9.78 Å². The highest BCUT2D eigenvalue weighted by atomic mass is 127. The topological polar surface area (TPSA) is 50.2 Å². The van der Waals surface area contributed by atoms with E-state index in [0.717, 1.165) is 13.6 Å². The van der Waals surface area contributed by atoms with E-state index < -0.39 is 5.97 Å². The molecule has 0 saturated heterocycles. The van der Waals surface area contributed by atoms with E-state index in [-0.39, 0.29) is 5.56 Å². The minimum atomic E-state index is -0.948. The second kappa shape index (κ2) is 5.73. The fraction of sp³-hybridized carbons (Fsp3) is 0. The number of fused-ring (bicyclic) bond motifs is 1. The summed E-state index contributed by atoms with van der Waals surface area (Å²) in [7, 11) is 0. The van der Waals surface area contributed by atoms with Crippen molar-refractivity contribution in [2.75, 3.05) is 0 Å². The molecule has 3 rings (SSSR count). The minimum Gasteiger partial charge on any atom is -0.478 e. The number of aromatic nitrogens is 1. The minimum absolute atomic E-state index is 0.265. The SMILES string of the molecule is O=C(O)c1cc(-c2ccc(I)cc2)nc2cc(Br)ccc12. The van der Waals surface area contributed by atoms with Crippen LogP contribution < -0.4 is 0 Å². The number of carboxylic acid groups (broad SMARTS) is 1. The third-order valence-electron chi connectivity index (χ3n) is 3.14. The summed E-state index contributed by atoms with van der Waals surface area (Å²) in [5.41, 5.74) is 2.49. The van der Waals surface area contributed by atoms with E-state index in [1.165, 1.54) is 0 Å². The van der Waals surface area contributed by atoms with Crippen LogP contribution in [0, 0.1) is 3.57 Å². The molecule has 0 bridgehead atoms. The Hall–Kier alpha value is -1.47. The van der Waals surface area contributed by atoms with Gasteiger partial charge in [-0.05, 0) is 52.9 Å². The summed E-state index contributed by atoms with van der Waals surface area (Å²) in [5, 5.41) is 10.1. The standard InChI is InChI=1S/C16H9BrINO2/c17-10-3-6-12-13(16(20)21)8-14(19-15(12)7-10)9-1-4-11(18)5-2-9/h1-8H,(H,20,21). The summed E-state index contributed by atoms with van der Waals surface area (Å²) in [5.74, 6) is -0.948. The van der Waals surface area contributed by atoms with Crippen molar-refractivity contribution in [1.29, 1.82) is 0 Å². The summed E-state index contributed by atoms with van der Waals surface area (Å²) in [6.45, 7) is 0. The summed E-state index contributed by atoms with van der Waals surface area (Å²) >= 11 is 5.63. The molecule has 0 amide bonds. The third-order valence-corrected chi connectivity index (χ3v) is 4.35. The highest BCUT2D eigenvalue weighted by Crippen LogP contribution is 2.27. The van der Waals surface area contributed by atoms with E-state index in [1.54, 1.807) is 12.1 Å². The van der Waals surface area contributed by atoms with Crippen LogP contribution in [0.25, 0.3) is 22.2 Å². The molecule has 0 radical (unpaired) electrons. The fourth-order valence-electron chi connectivity index (χ4n) is 2.15. The maximum atomic E-state index is 11.5. The maximum absolute atomic E-state index is 11.5. The molecular formula is C16H9BrINO2. The number of carboxylic acids is 1. The molecule has 0 atom stereocenters. The predicted octanol–water partition coefficient (Wildman–Crippen LogP) is 4.97. The van der Waals surface area contributed by atoms with Crippen LogP contribution >= 0.6 is 38.5 Å². The molecule has 104 valence electrons. The van der Waals surface area contributed by atoms with Gasteiger partial charge >= 0.3 is 5.97 Å². The molecule has 1 N–H and O–H groups in total. The molecule has 0 saturated carbocycles. The van der Waals surface area contributed by atoms with Crippen molar-refractivity contribution in [3.8, 4) is 11.3 Å². The molecule has 0 spiro atoms. The fourth-order valence-corrected chi connectivity index (χ4v) is 2.86. The molecule has 0 fully saturated rings. The zero-order chi connectivity index (χ0) is 15.0. The predicted molar refractivity (Wildman–Crippen MR) is 94.6 cm³/mol. The van der Waals surface area contributed by atoms with Gasteiger partial charge in [0.25, 0.3) is 0 Å². The van der Waals surface area contributed by atoms with Crippen LogP contribution in [0.15, 0.2) is 53.0 Å². The van der Waals surface area contributed by atoms with Crippen molar-refractivity contribution in [3.63, 3.8) is 0 Å². The lowest BCUT2D eigenvalue weighted by Gasteiger charge is -2.07. The largest absolute Gasteiger partial charge is 0.478 e. The highest BCUT2D eigenvalue weighted by molar-refractivity contribution is 14.1. The van der Waals surface area contributed by atoms with E-state index in [9.17, 15) is 9.90 Å². The second-order valence-corrected chi connectivity index (χ2v) is 6.69. The first-order valence-electron chi connectivity index (χ1n) is 6.14. The van der Waals surface area contributed by atoms with E-state index >= 15 is 0 Å². The molecule has 0 aliphatic heterocycles. The van der Waals surface area contributed by atoms with Crippen LogP contribution in [0.5, 0.6) is 0 Å². The Kier molecular flexibility index (Phi) is 3.95. The quantitative estimate of drug-likeness (QED) is 0.557. The number of benzene rings is 2. The molecule has 3 aromatic rings. The van der Waals surface area contributed by atoms with E-state index in [4.69, 9.17) is 0 Å². The Balaban J connectivity index is 2.29. The lowest BCUT2D eigenvalue weighted by molar-refractivity contribution is 0.0699. The van der Waals surface area contributed by atoms with Crippen LogP contribution in [0.3, 0.4) is 0 Å². The number of hydrogen-bond donors (Lipinski definition) is 1. The normalized spacial score (nSPS) is 10.8. The van der Waals surface area contributed by atoms with Crippen molar-refractivity contribution < 1.29 is 9.90 Å². The Morgan fingerprint density at radius 1 is 1.10 bits per heavy atom. The second-order valence-electron chi connectivity index (χ2n) is 4.53. The highest BCUT2D eigenvalue weighted by Gasteiger charge is 2.13. The van der Waals surface area contributed by atoms with E-state index in [0.29, 0.717) is 16.6 Å². The first-order chi connectivity index (χ1) is 10.0. The van der Waals surface area contributed by atoms with Crippen LogP contribution in [-0.4, -0.2) is 16.1 Å². The van der Waals surface area contributed by atoms with Gasteiger partial charge in [0.2, 0.25) is 0 Å². The first kappa shape index (κ1) is 14.5. The molecule has 2 aromatic carbocycles. The summed E-state index contributed by atoms with van der Waals surface area (Å²) in [6.07, 6.45) is 0. The Morgan fingerprint density at radius 2 is 1.81 bits per heavy atom. The molecule has 1 heterocycles. The lowest BCUT2D eigenvalue weighted by atomic mass is 10.0. The van der Waals surface area contributed by atoms with Gasteiger partial charge in [0.05, 0.1) is 16.8 Å². The number of hydrogen-bond acceptors (Lipinski definition) is 2. The number of rotatable bonds is 2. The summed E-state index contributed by atoms with van der Waals surface area (Å²) in [6, 6.07) is 14.9. The molecule has 5 heteroatoms. The van der Waals surface area contributed by atoms with Crippen LogP contribution in [0.4, 0.5) is 0 Å². The first-order valence-corrected chi connectivity index (χ1v) is 8.01. The molecule has 0 unspecified atom stereocenters. The van der Waals surface area contributed by atoms with Crippen LogP contribution in [0.2, 0.25) is 0 Å². The average Bonchev–Trinajstić information content (AvgIpc) is 2.46. The molecule has 0 aliphatic rings. The van der Waals surface area contributed by atoms with Crippen LogP contribution in [-0.2, 0) is 0 Å². The number of carbonyl (C=O) groups is 1. The molecule has 3 nitrogen and oxygen atoms in total. The van der Waals surface area contributed by atoms with Crippen molar-refractivity contribution >= 4 is 55.4 Å². The number of pyridine rings is 1. The summed E-state index contributed by atoms with van der Waals surface area (Å²) < 4.78 is 2.00. The van der Waals surface area contributed by atoms with Crippen molar-refractivity contribution in [3.05, 3.63) is 62.1 Å². The van der Waals surface area contributed by atoms with Crippen molar-refractivity contribution in [2.45, 2.75) is 0 Å². The van der Waals surface area contributed by atoms with E-state index in [1.807, 2.05) is 36.4 Å². The lowest BCUT2D eigenvalue weighted by Crippen LogP contribution is -2.00. The van der Waals surface area contributed by atoms with Gasteiger partial charge in [0, 0.05) is 19.0 Å². The van der Waals surface area contributed by atoms with E-state index in [2.05, 4.69) is 43.5 Å². The molecule has 21 heavy (non-hydrogen) atoms. The van der Waals surface area contributed by atoms with Crippen molar-refractivity contribution in [1.82, 2.24) is 4.98 Å². The van der Waals surface area contributed by atoms with Gasteiger partial charge in [-0.1, -0.05) is 34.1 Å². The average molecular weight is 454 g/mol. The Morgan fingerprint density at radius 3 is 2.48 bits per heavy atom. The van der Waals surface area contributed by atoms with Crippen LogP contribution in [0.1, 0.15) is 10.4 Å². The maximum Gasteiger partial charge on any atom is 0.336 e. The zero-order valence-electron chi connectivity index (χ0n) is 10.7. The van der Waals surface area contributed by atoms with Gasteiger partial charge in [0.15, 0.2) is 0 Å². The van der Waals surface area contributed by atoms with Gasteiger partial charge in [-0.3, -0.25) is 0 Å². The smallest absolute Gasteiger partial charge is 0.336 e. The van der Waals surface area contributed by atoms with Crippen molar-refractivity contribution in [2.24, 2.45) is 0 Å². The molecule has 0 aliphatic carbocycles. The number of halogens is 2. The zero-order valence-corrected chi connectivity index (χ0v) is 14.4. The number of nitrogens with zero attached hydrogens (tertiary/aromatic N) is 1. The monoisotopic (exact) mass is 453 g/mol.